The lowest BCUT2D eigenvalue weighted by atomic mass is 9.90. The van der Waals surface area contributed by atoms with Crippen LogP contribution in [0.3, 0.4) is 0 Å². The molecule has 1 aromatic rings. The largest absolute Gasteiger partial charge is 0.497 e. The highest BCUT2D eigenvalue weighted by Crippen LogP contribution is 2.33. The highest BCUT2D eigenvalue weighted by atomic mass is 16.5. The van der Waals surface area contributed by atoms with E-state index in [-0.39, 0.29) is 5.92 Å². The van der Waals surface area contributed by atoms with Gasteiger partial charge in [-0.3, -0.25) is 0 Å². The fourth-order valence-corrected chi connectivity index (χ4v) is 2.22. The van der Waals surface area contributed by atoms with Crippen molar-refractivity contribution < 1.29 is 14.6 Å². The van der Waals surface area contributed by atoms with E-state index in [4.69, 9.17) is 15.2 Å². The number of hydrogen-bond acceptors (Lipinski definition) is 4. The van der Waals surface area contributed by atoms with Crippen LogP contribution >= 0.6 is 0 Å². The summed E-state index contributed by atoms with van der Waals surface area (Å²) in [4.78, 5) is 0. The van der Waals surface area contributed by atoms with Crippen LogP contribution in [0.25, 0.3) is 0 Å². The van der Waals surface area contributed by atoms with E-state index in [1.807, 2.05) is 12.1 Å². The molecular weight excluding hydrogens is 218 g/mol. The maximum absolute atomic E-state index is 10.3. The smallest absolute Gasteiger partial charge is 0.120 e. The van der Waals surface area contributed by atoms with E-state index < -0.39 is 6.10 Å². The topological polar surface area (TPSA) is 64.7 Å². The number of hydrogen-bond donors (Lipinski definition) is 2. The SMILES string of the molecule is COc1ccc(C(O)C2CCCOC2)c(N)c1. The molecule has 17 heavy (non-hydrogen) atoms. The summed E-state index contributed by atoms with van der Waals surface area (Å²) in [5, 5.41) is 10.3. The van der Waals surface area contributed by atoms with Gasteiger partial charge in [0.1, 0.15) is 5.75 Å². The third-order valence-corrected chi connectivity index (χ3v) is 3.25. The van der Waals surface area contributed by atoms with Crippen molar-refractivity contribution in [2.45, 2.75) is 18.9 Å². The van der Waals surface area contributed by atoms with E-state index in [1.165, 1.54) is 0 Å². The lowest BCUT2D eigenvalue weighted by molar-refractivity contribution is -0.00969. The Morgan fingerprint density at radius 2 is 2.35 bits per heavy atom. The summed E-state index contributed by atoms with van der Waals surface area (Å²) in [7, 11) is 1.60. The Balaban J connectivity index is 2.15. The van der Waals surface area contributed by atoms with E-state index in [9.17, 15) is 5.11 Å². The van der Waals surface area contributed by atoms with Crippen LogP contribution in [0.4, 0.5) is 5.69 Å². The van der Waals surface area contributed by atoms with E-state index in [2.05, 4.69) is 0 Å². The molecule has 4 nitrogen and oxygen atoms in total. The Morgan fingerprint density at radius 3 is 2.94 bits per heavy atom. The van der Waals surface area contributed by atoms with Gasteiger partial charge in [0.25, 0.3) is 0 Å². The second kappa shape index (κ2) is 5.38. The Hall–Kier alpha value is -1.26. The standard InChI is InChI=1S/C13H19NO3/c1-16-10-4-5-11(12(14)7-10)13(15)9-3-2-6-17-8-9/h4-5,7,9,13,15H,2-3,6,8,14H2,1H3. The van der Waals surface area contributed by atoms with Crippen LogP contribution < -0.4 is 10.5 Å². The molecule has 4 heteroatoms. The Labute approximate surface area is 101 Å². The molecule has 0 amide bonds. The summed E-state index contributed by atoms with van der Waals surface area (Å²) in [5.74, 6) is 0.845. The van der Waals surface area contributed by atoms with Gasteiger partial charge < -0.3 is 20.3 Å². The molecule has 0 radical (unpaired) electrons. The van der Waals surface area contributed by atoms with Gasteiger partial charge in [0.05, 0.1) is 19.8 Å². The number of aliphatic hydroxyl groups excluding tert-OH is 1. The molecule has 0 spiro atoms. The first-order valence-corrected chi connectivity index (χ1v) is 5.91. The Morgan fingerprint density at radius 1 is 1.53 bits per heavy atom. The lowest BCUT2D eigenvalue weighted by Crippen LogP contribution is -2.24. The zero-order valence-corrected chi connectivity index (χ0v) is 10.1. The van der Waals surface area contributed by atoms with Gasteiger partial charge in [-0.15, -0.1) is 0 Å². The number of methoxy groups -OCH3 is 1. The molecule has 1 aromatic carbocycles. The van der Waals surface area contributed by atoms with Gasteiger partial charge in [0.15, 0.2) is 0 Å². The maximum Gasteiger partial charge on any atom is 0.120 e. The van der Waals surface area contributed by atoms with E-state index in [1.54, 1.807) is 13.2 Å². The first-order valence-electron chi connectivity index (χ1n) is 5.91. The summed E-state index contributed by atoms with van der Waals surface area (Å²) in [6.45, 7) is 1.40. The molecule has 1 fully saturated rings. The quantitative estimate of drug-likeness (QED) is 0.786. The monoisotopic (exact) mass is 237 g/mol. The number of rotatable bonds is 3. The molecule has 1 saturated heterocycles. The molecule has 0 bridgehead atoms. The first kappa shape index (κ1) is 12.2. The minimum absolute atomic E-state index is 0.138. The average molecular weight is 237 g/mol. The molecule has 2 rings (SSSR count). The fraction of sp³-hybridized carbons (Fsp3) is 0.538. The van der Waals surface area contributed by atoms with Gasteiger partial charge in [0, 0.05) is 29.8 Å². The highest BCUT2D eigenvalue weighted by Gasteiger charge is 2.25. The van der Waals surface area contributed by atoms with E-state index >= 15 is 0 Å². The molecule has 1 aliphatic heterocycles. The number of aliphatic hydroxyl groups is 1. The van der Waals surface area contributed by atoms with Crippen molar-refractivity contribution in [2.24, 2.45) is 5.92 Å². The van der Waals surface area contributed by atoms with Crippen molar-refractivity contribution in [3.8, 4) is 5.75 Å². The molecule has 1 heterocycles. The van der Waals surface area contributed by atoms with Crippen molar-refractivity contribution in [1.29, 1.82) is 0 Å². The van der Waals surface area contributed by atoms with Crippen molar-refractivity contribution in [1.82, 2.24) is 0 Å². The zero-order chi connectivity index (χ0) is 12.3. The molecule has 2 unspecified atom stereocenters. The predicted molar refractivity (Wildman–Crippen MR) is 65.9 cm³/mol. The van der Waals surface area contributed by atoms with Gasteiger partial charge in [0.2, 0.25) is 0 Å². The van der Waals surface area contributed by atoms with Crippen molar-refractivity contribution in [3.63, 3.8) is 0 Å². The number of nitrogens with two attached hydrogens (primary N) is 1. The van der Waals surface area contributed by atoms with Gasteiger partial charge >= 0.3 is 0 Å². The van der Waals surface area contributed by atoms with Crippen molar-refractivity contribution in [3.05, 3.63) is 23.8 Å². The third-order valence-electron chi connectivity index (χ3n) is 3.25. The van der Waals surface area contributed by atoms with Crippen LogP contribution in [0.1, 0.15) is 24.5 Å². The molecule has 1 aliphatic rings. The summed E-state index contributed by atoms with van der Waals surface area (Å²) < 4.78 is 10.5. The highest BCUT2D eigenvalue weighted by molar-refractivity contribution is 5.52. The zero-order valence-electron chi connectivity index (χ0n) is 10.1. The van der Waals surface area contributed by atoms with Crippen molar-refractivity contribution in [2.75, 3.05) is 26.1 Å². The van der Waals surface area contributed by atoms with Gasteiger partial charge in [-0.1, -0.05) is 6.07 Å². The van der Waals surface area contributed by atoms with Crippen LogP contribution in [-0.2, 0) is 4.74 Å². The maximum atomic E-state index is 10.3. The van der Waals surface area contributed by atoms with Gasteiger partial charge in [-0.25, -0.2) is 0 Å². The molecule has 3 N–H and O–H groups in total. The van der Waals surface area contributed by atoms with Crippen LogP contribution in [0.2, 0.25) is 0 Å². The second-order valence-corrected chi connectivity index (χ2v) is 4.42. The normalized spacial score (nSPS) is 22.1. The summed E-state index contributed by atoms with van der Waals surface area (Å²) in [6.07, 6.45) is 1.42. The second-order valence-electron chi connectivity index (χ2n) is 4.42. The fourth-order valence-electron chi connectivity index (χ4n) is 2.22. The van der Waals surface area contributed by atoms with Crippen LogP contribution in [0.15, 0.2) is 18.2 Å². The van der Waals surface area contributed by atoms with E-state index in [0.29, 0.717) is 18.0 Å². The number of ether oxygens (including phenoxy) is 2. The minimum atomic E-state index is -0.554. The number of benzene rings is 1. The van der Waals surface area contributed by atoms with Gasteiger partial charge in [-0.2, -0.15) is 0 Å². The number of anilines is 1. The minimum Gasteiger partial charge on any atom is -0.497 e. The third kappa shape index (κ3) is 2.70. The predicted octanol–water partition coefficient (Wildman–Crippen LogP) is 1.74. The summed E-state index contributed by atoms with van der Waals surface area (Å²) >= 11 is 0. The molecule has 0 aromatic heterocycles. The molecule has 0 saturated carbocycles. The summed E-state index contributed by atoms with van der Waals surface area (Å²) in [6, 6.07) is 5.38. The molecular formula is C13H19NO3. The van der Waals surface area contributed by atoms with Crippen LogP contribution in [-0.4, -0.2) is 25.4 Å². The molecule has 2 atom stereocenters. The summed E-state index contributed by atoms with van der Waals surface area (Å²) in [5.41, 5.74) is 7.26. The van der Waals surface area contributed by atoms with Gasteiger partial charge in [-0.05, 0) is 18.9 Å². The lowest BCUT2D eigenvalue weighted by Gasteiger charge is -2.27. The molecule has 0 aliphatic carbocycles. The number of nitrogen functional groups attached to an aromatic ring is 1. The van der Waals surface area contributed by atoms with E-state index in [0.717, 1.165) is 25.0 Å². The van der Waals surface area contributed by atoms with Crippen LogP contribution in [0, 0.1) is 5.92 Å². The Bertz CT molecular complexity index is 375. The first-order chi connectivity index (χ1) is 8.22. The molecule has 94 valence electrons. The Kier molecular flexibility index (Phi) is 3.86. The van der Waals surface area contributed by atoms with Crippen LogP contribution in [0.5, 0.6) is 5.75 Å². The van der Waals surface area contributed by atoms with Crippen molar-refractivity contribution >= 4 is 5.69 Å². The average Bonchev–Trinajstić information content (AvgIpc) is 2.39.